The van der Waals surface area contributed by atoms with Gasteiger partial charge < -0.3 is 10.1 Å². The second kappa shape index (κ2) is 7.98. The van der Waals surface area contributed by atoms with Crippen molar-refractivity contribution >= 4 is 11.3 Å². The van der Waals surface area contributed by atoms with Gasteiger partial charge in [0.05, 0.1) is 10.7 Å². The van der Waals surface area contributed by atoms with Gasteiger partial charge in [0.25, 0.3) is 0 Å². The number of ether oxygens (including phenoxy) is 1. The molecule has 1 aromatic rings. The van der Waals surface area contributed by atoms with Crippen LogP contribution in [-0.2, 0) is 24.1 Å². The van der Waals surface area contributed by atoms with Crippen molar-refractivity contribution in [3.63, 3.8) is 0 Å². The van der Waals surface area contributed by atoms with Crippen LogP contribution in [0.15, 0.2) is 0 Å². The lowest BCUT2D eigenvalue weighted by atomic mass is 10.1. The van der Waals surface area contributed by atoms with Gasteiger partial charge in [-0.25, -0.2) is 4.98 Å². The summed E-state index contributed by atoms with van der Waals surface area (Å²) < 4.78 is 5.46. The summed E-state index contributed by atoms with van der Waals surface area (Å²) in [5, 5.41) is 4.82. The van der Waals surface area contributed by atoms with Crippen LogP contribution in [0.4, 0.5) is 0 Å². The molecule has 0 aliphatic carbocycles. The molecule has 1 aliphatic rings. The van der Waals surface area contributed by atoms with Crippen molar-refractivity contribution in [3.05, 3.63) is 15.6 Å². The number of aromatic nitrogens is 1. The molecule has 0 amide bonds. The highest BCUT2D eigenvalue weighted by atomic mass is 32.1. The predicted molar refractivity (Wildman–Crippen MR) is 80.7 cm³/mol. The maximum absolute atomic E-state index is 5.46. The fraction of sp³-hybridized carbons (Fsp3) is 0.800. The van der Waals surface area contributed by atoms with Gasteiger partial charge in [0.2, 0.25) is 0 Å². The van der Waals surface area contributed by atoms with Gasteiger partial charge in [-0.05, 0) is 31.7 Å². The first kappa shape index (κ1) is 14.9. The number of hydrogen-bond donors (Lipinski definition) is 1. The van der Waals surface area contributed by atoms with Crippen molar-refractivity contribution in [3.8, 4) is 0 Å². The van der Waals surface area contributed by atoms with Crippen LogP contribution in [0.5, 0.6) is 0 Å². The summed E-state index contributed by atoms with van der Waals surface area (Å²) in [6.07, 6.45) is 5.78. The Morgan fingerprint density at radius 2 is 2.26 bits per heavy atom. The van der Waals surface area contributed by atoms with E-state index in [1.54, 1.807) is 0 Å². The highest BCUT2D eigenvalue weighted by Crippen LogP contribution is 2.25. The Hall–Kier alpha value is -0.450. The average molecular weight is 282 g/mol. The minimum Gasteiger partial charge on any atom is -0.381 e. The molecule has 1 aromatic heterocycles. The fourth-order valence-corrected chi connectivity index (χ4v) is 3.66. The van der Waals surface area contributed by atoms with Crippen LogP contribution in [0.2, 0.25) is 0 Å². The summed E-state index contributed by atoms with van der Waals surface area (Å²) in [4.78, 5) is 6.31. The topological polar surface area (TPSA) is 34.1 Å². The highest BCUT2D eigenvalue weighted by Gasteiger charge is 2.19. The Morgan fingerprint density at radius 3 is 2.95 bits per heavy atom. The first-order chi connectivity index (χ1) is 9.33. The zero-order valence-corrected chi connectivity index (χ0v) is 13.0. The monoisotopic (exact) mass is 282 g/mol. The molecule has 0 radical (unpaired) electrons. The molecule has 0 saturated carbocycles. The first-order valence-corrected chi connectivity index (χ1v) is 8.41. The summed E-state index contributed by atoms with van der Waals surface area (Å²) in [5.41, 5.74) is 1.32. The molecular formula is C15H26N2OS. The van der Waals surface area contributed by atoms with Crippen LogP contribution in [0.25, 0.3) is 0 Å². The zero-order valence-electron chi connectivity index (χ0n) is 12.2. The third-order valence-electron chi connectivity index (χ3n) is 3.51. The quantitative estimate of drug-likeness (QED) is 0.744. The third kappa shape index (κ3) is 4.55. The highest BCUT2D eigenvalue weighted by molar-refractivity contribution is 7.11. The Labute approximate surface area is 120 Å². The van der Waals surface area contributed by atoms with Crippen LogP contribution in [0, 0.1) is 5.92 Å². The molecule has 1 aliphatic heterocycles. The number of thiazole rings is 1. The first-order valence-electron chi connectivity index (χ1n) is 7.59. The third-order valence-corrected chi connectivity index (χ3v) is 4.63. The lowest BCUT2D eigenvalue weighted by Gasteiger charge is -2.02. The summed E-state index contributed by atoms with van der Waals surface area (Å²) in [7, 11) is 0. The molecule has 0 bridgehead atoms. The van der Waals surface area contributed by atoms with Crippen molar-refractivity contribution in [2.45, 2.75) is 52.5 Å². The summed E-state index contributed by atoms with van der Waals surface area (Å²) in [6.45, 7) is 8.37. The van der Waals surface area contributed by atoms with Gasteiger partial charge >= 0.3 is 0 Å². The maximum atomic E-state index is 5.46. The van der Waals surface area contributed by atoms with E-state index in [-0.39, 0.29) is 0 Å². The molecule has 0 aromatic carbocycles. The number of nitrogens with zero attached hydrogens (tertiary/aromatic N) is 1. The molecule has 1 atom stereocenters. The predicted octanol–water partition coefficient (Wildman–Crippen LogP) is 3.17. The molecule has 1 fully saturated rings. The van der Waals surface area contributed by atoms with Crippen LogP contribution < -0.4 is 5.32 Å². The molecule has 2 rings (SSSR count). The van der Waals surface area contributed by atoms with Crippen LogP contribution in [0.1, 0.15) is 48.7 Å². The smallest absolute Gasteiger partial charge is 0.0935 e. The van der Waals surface area contributed by atoms with Gasteiger partial charge in [-0.3, -0.25) is 0 Å². The van der Waals surface area contributed by atoms with E-state index in [9.17, 15) is 0 Å². The molecular weight excluding hydrogens is 256 g/mol. The maximum Gasteiger partial charge on any atom is 0.0935 e. The summed E-state index contributed by atoms with van der Waals surface area (Å²) in [5.74, 6) is 0.692. The van der Waals surface area contributed by atoms with Crippen molar-refractivity contribution in [2.24, 2.45) is 5.92 Å². The number of nitrogens with one attached hydrogen (secondary N) is 1. The largest absolute Gasteiger partial charge is 0.381 e. The molecule has 19 heavy (non-hydrogen) atoms. The van der Waals surface area contributed by atoms with Crippen molar-refractivity contribution in [1.29, 1.82) is 0 Å². The number of rotatable bonds is 8. The van der Waals surface area contributed by atoms with Gasteiger partial charge in [0.1, 0.15) is 0 Å². The summed E-state index contributed by atoms with van der Waals surface area (Å²) in [6, 6.07) is 0. The minimum atomic E-state index is 0.692. The van der Waals surface area contributed by atoms with Crippen LogP contribution >= 0.6 is 11.3 Å². The van der Waals surface area contributed by atoms with E-state index in [4.69, 9.17) is 9.72 Å². The van der Waals surface area contributed by atoms with E-state index in [1.165, 1.54) is 34.8 Å². The molecule has 3 nitrogen and oxygen atoms in total. The number of hydrogen-bond acceptors (Lipinski definition) is 4. The Kier molecular flexibility index (Phi) is 6.28. The summed E-state index contributed by atoms with van der Waals surface area (Å²) >= 11 is 1.91. The Bertz CT molecular complexity index is 372. The van der Waals surface area contributed by atoms with Crippen molar-refractivity contribution in [2.75, 3.05) is 19.8 Å². The minimum absolute atomic E-state index is 0.692. The normalized spacial score (nSPS) is 19.2. The van der Waals surface area contributed by atoms with Gasteiger partial charge in [0, 0.05) is 31.1 Å². The lowest BCUT2D eigenvalue weighted by molar-refractivity contribution is 0.186. The fourth-order valence-electron chi connectivity index (χ4n) is 2.46. The van der Waals surface area contributed by atoms with E-state index in [0.717, 1.165) is 39.1 Å². The van der Waals surface area contributed by atoms with Gasteiger partial charge in [-0.15, -0.1) is 11.3 Å². The average Bonchev–Trinajstić information content (AvgIpc) is 3.02. The van der Waals surface area contributed by atoms with Gasteiger partial charge in [-0.2, -0.15) is 0 Å². The van der Waals surface area contributed by atoms with E-state index in [1.807, 2.05) is 11.3 Å². The zero-order chi connectivity index (χ0) is 13.5. The number of aryl methyl sites for hydroxylation is 1. The molecule has 1 saturated heterocycles. The molecule has 1 unspecified atom stereocenters. The van der Waals surface area contributed by atoms with Crippen LogP contribution in [-0.4, -0.2) is 24.7 Å². The second-order valence-electron chi connectivity index (χ2n) is 5.34. The van der Waals surface area contributed by atoms with E-state index in [2.05, 4.69) is 19.2 Å². The second-order valence-corrected chi connectivity index (χ2v) is 6.51. The SMILES string of the molecule is CCCNCc1sc(CC2CCOC2)nc1CCC. The van der Waals surface area contributed by atoms with Crippen LogP contribution in [0.3, 0.4) is 0 Å². The standard InChI is InChI=1S/C15H26N2OS/c1-3-5-13-14(10-16-7-4-2)19-15(17-13)9-12-6-8-18-11-12/h12,16H,3-11H2,1-2H3. The Morgan fingerprint density at radius 1 is 1.37 bits per heavy atom. The van der Waals surface area contributed by atoms with E-state index < -0.39 is 0 Å². The molecule has 0 spiro atoms. The van der Waals surface area contributed by atoms with Crippen molar-refractivity contribution in [1.82, 2.24) is 10.3 Å². The molecule has 108 valence electrons. The van der Waals surface area contributed by atoms with E-state index in [0.29, 0.717) is 5.92 Å². The molecule has 2 heterocycles. The Balaban J connectivity index is 1.96. The lowest BCUT2D eigenvalue weighted by Crippen LogP contribution is -2.13. The van der Waals surface area contributed by atoms with Gasteiger partial charge in [0.15, 0.2) is 0 Å². The van der Waals surface area contributed by atoms with Gasteiger partial charge in [-0.1, -0.05) is 20.3 Å². The van der Waals surface area contributed by atoms with E-state index >= 15 is 0 Å². The molecule has 4 heteroatoms. The van der Waals surface area contributed by atoms with Crippen molar-refractivity contribution < 1.29 is 4.74 Å². The molecule has 1 N–H and O–H groups in total.